The molecule has 3 nitrogen and oxygen atoms in total. The Kier molecular flexibility index (Phi) is 6.89. The zero-order valence-electron chi connectivity index (χ0n) is 11.4. The van der Waals surface area contributed by atoms with Gasteiger partial charge in [-0.3, -0.25) is 4.79 Å². The van der Waals surface area contributed by atoms with Crippen molar-refractivity contribution >= 4 is 18.3 Å². The van der Waals surface area contributed by atoms with Gasteiger partial charge in [0.15, 0.2) is 0 Å². The summed E-state index contributed by atoms with van der Waals surface area (Å²) in [5, 5.41) is 6.34. The van der Waals surface area contributed by atoms with Crippen molar-refractivity contribution in [1.82, 2.24) is 10.6 Å². The normalized spacial score (nSPS) is 18.5. The van der Waals surface area contributed by atoms with E-state index in [-0.39, 0.29) is 24.2 Å². The summed E-state index contributed by atoms with van der Waals surface area (Å²) in [5.41, 5.74) is 2.55. The number of amides is 1. The van der Waals surface area contributed by atoms with Crippen LogP contribution in [0, 0.1) is 5.92 Å². The lowest BCUT2D eigenvalue weighted by Crippen LogP contribution is -2.40. The Bertz CT molecular complexity index is 403. The zero-order chi connectivity index (χ0) is 12.8. The average molecular weight is 283 g/mol. The van der Waals surface area contributed by atoms with Crippen LogP contribution in [0.2, 0.25) is 0 Å². The maximum Gasteiger partial charge on any atom is 0.224 e. The number of hydrogen-bond donors (Lipinski definition) is 2. The number of rotatable bonds is 4. The molecule has 1 aliphatic rings. The first-order chi connectivity index (χ1) is 8.81. The molecular weight excluding hydrogens is 260 g/mol. The molecule has 1 aliphatic heterocycles. The van der Waals surface area contributed by atoms with Crippen LogP contribution in [-0.4, -0.2) is 19.0 Å². The van der Waals surface area contributed by atoms with Crippen molar-refractivity contribution < 1.29 is 4.79 Å². The SMILES string of the molecule is CCc1ccccc1CNC(=O)C1CCCNC1.Cl. The van der Waals surface area contributed by atoms with Crippen molar-refractivity contribution in [2.45, 2.75) is 32.7 Å². The number of nitrogens with one attached hydrogen (secondary N) is 2. The lowest BCUT2D eigenvalue weighted by Gasteiger charge is -2.22. The van der Waals surface area contributed by atoms with Crippen molar-refractivity contribution in [3.8, 4) is 0 Å². The van der Waals surface area contributed by atoms with E-state index in [0.717, 1.165) is 32.4 Å². The lowest BCUT2D eigenvalue weighted by molar-refractivity contribution is -0.125. The molecule has 0 bridgehead atoms. The molecule has 1 unspecified atom stereocenters. The molecule has 1 aromatic rings. The summed E-state index contributed by atoms with van der Waals surface area (Å²) in [4.78, 5) is 12.0. The summed E-state index contributed by atoms with van der Waals surface area (Å²) in [6.45, 7) is 4.66. The Morgan fingerprint density at radius 2 is 2.11 bits per heavy atom. The maximum atomic E-state index is 12.0. The van der Waals surface area contributed by atoms with Crippen LogP contribution >= 0.6 is 12.4 Å². The third kappa shape index (κ3) is 4.51. The summed E-state index contributed by atoms with van der Waals surface area (Å²) >= 11 is 0. The minimum Gasteiger partial charge on any atom is -0.352 e. The van der Waals surface area contributed by atoms with E-state index in [2.05, 4.69) is 35.8 Å². The fourth-order valence-electron chi connectivity index (χ4n) is 2.48. The van der Waals surface area contributed by atoms with Crippen LogP contribution < -0.4 is 10.6 Å². The van der Waals surface area contributed by atoms with Gasteiger partial charge in [0.1, 0.15) is 0 Å². The van der Waals surface area contributed by atoms with Gasteiger partial charge in [-0.1, -0.05) is 31.2 Å². The molecule has 4 heteroatoms. The van der Waals surface area contributed by atoms with E-state index in [0.29, 0.717) is 6.54 Å². The molecule has 0 saturated carbocycles. The summed E-state index contributed by atoms with van der Waals surface area (Å²) in [6, 6.07) is 8.31. The zero-order valence-corrected chi connectivity index (χ0v) is 12.3. The van der Waals surface area contributed by atoms with Gasteiger partial charge >= 0.3 is 0 Å². The third-order valence-corrected chi connectivity index (χ3v) is 3.62. The summed E-state index contributed by atoms with van der Waals surface area (Å²) in [6.07, 6.45) is 3.12. The standard InChI is InChI=1S/C15H22N2O.ClH/c1-2-12-6-3-4-7-13(12)11-17-15(18)14-8-5-9-16-10-14;/h3-4,6-7,14,16H,2,5,8-11H2,1H3,(H,17,18);1H. The second-order valence-corrected chi connectivity index (χ2v) is 4.88. The van der Waals surface area contributed by atoms with E-state index in [1.54, 1.807) is 0 Å². The Balaban J connectivity index is 0.00000180. The average Bonchev–Trinajstić information content (AvgIpc) is 2.46. The second-order valence-electron chi connectivity index (χ2n) is 4.88. The van der Waals surface area contributed by atoms with Gasteiger partial charge in [0.05, 0.1) is 5.92 Å². The van der Waals surface area contributed by atoms with Crippen molar-refractivity contribution in [1.29, 1.82) is 0 Å². The Labute approximate surface area is 121 Å². The largest absolute Gasteiger partial charge is 0.352 e. The highest BCUT2D eigenvalue weighted by atomic mass is 35.5. The molecule has 1 aromatic carbocycles. The van der Waals surface area contributed by atoms with Gasteiger partial charge in [-0.2, -0.15) is 0 Å². The van der Waals surface area contributed by atoms with E-state index in [4.69, 9.17) is 0 Å². The summed E-state index contributed by atoms with van der Waals surface area (Å²) in [7, 11) is 0. The Morgan fingerprint density at radius 1 is 1.37 bits per heavy atom. The van der Waals surface area contributed by atoms with E-state index >= 15 is 0 Å². The molecule has 0 radical (unpaired) electrons. The fraction of sp³-hybridized carbons (Fsp3) is 0.533. The van der Waals surface area contributed by atoms with E-state index < -0.39 is 0 Å². The number of carbonyl (C=O) groups excluding carboxylic acids is 1. The first kappa shape index (κ1) is 16.0. The van der Waals surface area contributed by atoms with Crippen LogP contribution in [0.3, 0.4) is 0 Å². The molecule has 0 aliphatic carbocycles. The quantitative estimate of drug-likeness (QED) is 0.890. The second kappa shape index (κ2) is 8.18. The predicted octanol–water partition coefficient (Wildman–Crippen LogP) is 2.29. The summed E-state index contributed by atoms with van der Waals surface area (Å²) in [5.74, 6) is 0.334. The molecule has 1 amide bonds. The number of benzene rings is 1. The van der Waals surface area contributed by atoms with Crippen LogP contribution in [0.4, 0.5) is 0 Å². The molecular formula is C15H23ClN2O. The molecule has 0 spiro atoms. The monoisotopic (exact) mass is 282 g/mol. The summed E-state index contributed by atoms with van der Waals surface area (Å²) < 4.78 is 0. The Hall–Kier alpha value is -1.06. The van der Waals surface area contributed by atoms with Gasteiger partial charge < -0.3 is 10.6 Å². The van der Waals surface area contributed by atoms with Crippen LogP contribution in [0.1, 0.15) is 30.9 Å². The van der Waals surface area contributed by atoms with Crippen molar-refractivity contribution in [2.75, 3.05) is 13.1 Å². The number of piperidine rings is 1. The highest BCUT2D eigenvalue weighted by molar-refractivity contribution is 5.85. The number of halogens is 1. The van der Waals surface area contributed by atoms with Crippen LogP contribution in [-0.2, 0) is 17.8 Å². The molecule has 0 aromatic heterocycles. The van der Waals surface area contributed by atoms with Crippen molar-refractivity contribution in [2.24, 2.45) is 5.92 Å². The van der Waals surface area contributed by atoms with Gasteiger partial charge in [0.25, 0.3) is 0 Å². The number of aryl methyl sites for hydroxylation is 1. The molecule has 19 heavy (non-hydrogen) atoms. The van der Waals surface area contributed by atoms with E-state index in [9.17, 15) is 4.79 Å². The van der Waals surface area contributed by atoms with E-state index in [1.165, 1.54) is 11.1 Å². The first-order valence-corrected chi connectivity index (χ1v) is 6.86. The van der Waals surface area contributed by atoms with Crippen LogP contribution in [0.5, 0.6) is 0 Å². The van der Waals surface area contributed by atoms with Gasteiger partial charge in [0.2, 0.25) is 5.91 Å². The molecule has 2 N–H and O–H groups in total. The predicted molar refractivity (Wildman–Crippen MR) is 80.5 cm³/mol. The Morgan fingerprint density at radius 3 is 2.74 bits per heavy atom. The molecule has 1 heterocycles. The van der Waals surface area contributed by atoms with Crippen LogP contribution in [0.15, 0.2) is 24.3 Å². The van der Waals surface area contributed by atoms with Gasteiger partial charge in [-0.15, -0.1) is 12.4 Å². The van der Waals surface area contributed by atoms with E-state index in [1.807, 2.05) is 6.07 Å². The van der Waals surface area contributed by atoms with Gasteiger partial charge in [-0.05, 0) is 36.9 Å². The lowest BCUT2D eigenvalue weighted by atomic mass is 9.98. The maximum absolute atomic E-state index is 12.0. The highest BCUT2D eigenvalue weighted by Gasteiger charge is 2.20. The van der Waals surface area contributed by atoms with Crippen molar-refractivity contribution in [3.63, 3.8) is 0 Å². The molecule has 106 valence electrons. The molecule has 1 atom stereocenters. The molecule has 2 rings (SSSR count). The minimum atomic E-state index is 0. The number of carbonyl (C=O) groups is 1. The van der Waals surface area contributed by atoms with Gasteiger partial charge in [0, 0.05) is 13.1 Å². The molecule has 1 saturated heterocycles. The van der Waals surface area contributed by atoms with Crippen molar-refractivity contribution in [3.05, 3.63) is 35.4 Å². The van der Waals surface area contributed by atoms with Crippen LogP contribution in [0.25, 0.3) is 0 Å². The minimum absolute atomic E-state index is 0. The fourth-order valence-corrected chi connectivity index (χ4v) is 2.48. The molecule has 1 fully saturated rings. The first-order valence-electron chi connectivity index (χ1n) is 6.86. The smallest absolute Gasteiger partial charge is 0.224 e. The third-order valence-electron chi connectivity index (χ3n) is 3.62. The highest BCUT2D eigenvalue weighted by Crippen LogP contribution is 2.12. The number of hydrogen-bond acceptors (Lipinski definition) is 2. The van der Waals surface area contributed by atoms with Gasteiger partial charge in [-0.25, -0.2) is 0 Å². The topological polar surface area (TPSA) is 41.1 Å².